The SMILES string of the molecule is COCCOc1cc([N+](=O)[O-])c(C(=O)NNC(=O)c2nn(C)c(=O)c3ccccc23)cc1OC. The predicted octanol–water partition coefficient (Wildman–Crippen LogP) is 0.950. The predicted molar refractivity (Wildman–Crippen MR) is 119 cm³/mol. The molecule has 0 saturated carbocycles. The molecule has 0 bridgehead atoms. The third-order valence-electron chi connectivity index (χ3n) is 4.73. The third kappa shape index (κ3) is 4.94. The number of nitrogens with one attached hydrogen (secondary N) is 2. The largest absolute Gasteiger partial charge is 0.493 e. The molecule has 0 fully saturated rings. The van der Waals surface area contributed by atoms with E-state index < -0.39 is 28.0 Å². The minimum atomic E-state index is -0.976. The Balaban J connectivity index is 1.87. The Morgan fingerprint density at radius 3 is 2.38 bits per heavy atom. The van der Waals surface area contributed by atoms with Crippen LogP contribution in [-0.4, -0.2) is 54.0 Å². The number of aryl methyl sites for hydroxylation is 1. The highest BCUT2D eigenvalue weighted by molar-refractivity contribution is 6.06. The summed E-state index contributed by atoms with van der Waals surface area (Å²) in [4.78, 5) is 48.4. The summed E-state index contributed by atoms with van der Waals surface area (Å²) >= 11 is 0. The minimum Gasteiger partial charge on any atom is -0.493 e. The Morgan fingerprint density at radius 2 is 1.74 bits per heavy atom. The Kier molecular flexibility index (Phi) is 7.38. The second kappa shape index (κ2) is 10.4. The van der Waals surface area contributed by atoms with Crippen LogP contribution >= 0.6 is 0 Å². The van der Waals surface area contributed by atoms with Crippen LogP contribution in [0.2, 0.25) is 0 Å². The van der Waals surface area contributed by atoms with E-state index in [1.54, 1.807) is 24.3 Å². The Morgan fingerprint density at radius 1 is 1.06 bits per heavy atom. The smallest absolute Gasteiger partial charge is 0.290 e. The fraction of sp³-hybridized carbons (Fsp3) is 0.238. The van der Waals surface area contributed by atoms with E-state index in [9.17, 15) is 24.5 Å². The molecule has 3 aromatic rings. The van der Waals surface area contributed by atoms with Gasteiger partial charge in [0.05, 0.1) is 30.1 Å². The molecule has 0 saturated heterocycles. The lowest BCUT2D eigenvalue weighted by atomic mass is 10.1. The summed E-state index contributed by atoms with van der Waals surface area (Å²) in [6, 6.07) is 8.53. The van der Waals surface area contributed by atoms with E-state index in [0.717, 1.165) is 16.8 Å². The number of amides is 2. The van der Waals surface area contributed by atoms with Crippen molar-refractivity contribution in [1.82, 2.24) is 20.6 Å². The fourth-order valence-corrected chi connectivity index (χ4v) is 3.10. The quantitative estimate of drug-likeness (QED) is 0.276. The molecular weight excluding hydrogens is 450 g/mol. The molecule has 1 aromatic heterocycles. The van der Waals surface area contributed by atoms with Gasteiger partial charge in [-0.25, -0.2) is 4.68 Å². The number of carbonyl (C=O) groups is 2. The van der Waals surface area contributed by atoms with Crippen LogP contribution in [0, 0.1) is 10.1 Å². The molecule has 0 aliphatic carbocycles. The lowest BCUT2D eigenvalue weighted by molar-refractivity contribution is -0.385. The maximum Gasteiger partial charge on any atom is 0.290 e. The normalized spacial score (nSPS) is 10.6. The van der Waals surface area contributed by atoms with Crippen molar-refractivity contribution in [2.45, 2.75) is 0 Å². The molecule has 2 amide bonds. The molecule has 13 nitrogen and oxygen atoms in total. The summed E-state index contributed by atoms with van der Waals surface area (Å²) < 4.78 is 16.5. The minimum absolute atomic E-state index is 0.0488. The van der Waals surface area contributed by atoms with E-state index in [0.29, 0.717) is 0 Å². The summed E-state index contributed by atoms with van der Waals surface area (Å²) in [6.45, 7) is 0.338. The zero-order valence-corrected chi connectivity index (χ0v) is 18.5. The van der Waals surface area contributed by atoms with Gasteiger partial charge in [-0.05, 0) is 6.07 Å². The lowest BCUT2D eigenvalue weighted by Gasteiger charge is -2.13. The Labute approximate surface area is 192 Å². The molecular formula is C21H21N5O8. The van der Waals surface area contributed by atoms with Crippen LogP contribution in [0.25, 0.3) is 10.8 Å². The summed E-state index contributed by atoms with van der Waals surface area (Å²) in [7, 11) is 4.17. The molecule has 0 unspecified atom stereocenters. The average molecular weight is 471 g/mol. The third-order valence-corrected chi connectivity index (χ3v) is 4.73. The van der Waals surface area contributed by atoms with Gasteiger partial charge >= 0.3 is 0 Å². The number of methoxy groups -OCH3 is 2. The second-order valence-corrected chi connectivity index (χ2v) is 6.85. The van der Waals surface area contributed by atoms with Crippen LogP contribution in [0.4, 0.5) is 5.69 Å². The molecule has 0 spiro atoms. The first-order valence-corrected chi connectivity index (χ1v) is 9.83. The van der Waals surface area contributed by atoms with Crippen LogP contribution in [0.1, 0.15) is 20.8 Å². The first-order valence-electron chi connectivity index (χ1n) is 9.83. The number of carbonyl (C=O) groups excluding carboxylic acids is 2. The van der Waals surface area contributed by atoms with Crippen LogP contribution in [0.5, 0.6) is 11.5 Å². The van der Waals surface area contributed by atoms with Crippen LogP contribution in [0.15, 0.2) is 41.2 Å². The molecule has 34 heavy (non-hydrogen) atoms. The first-order chi connectivity index (χ1) is 16.3. The van der Waals surface area contributed by atoms with Gasteiger partial charge in [0.2, 0.25) is 0 Å². The summed E-state index contributed by atoms with van der Waals surface area (Å²) in [6.07, 6.45) is 0. The fourth-order valence-electron chi connectivity index (χ4n) is 3.10. The van der Waals surface area contributed by atoms with Gasteiger partial charge in [0.15, 0.2) is 17.2 Å². The van der Waals surface area contributed by atoms with E-state index >= 15 is 0 Å². The van der Waals surface area contributed by atoms with Crippen molar-refractivity contribution in [2.24, 2.45) is 7.05 Å². The Bertz CT molecular complexity index is 1320. The Hall–Kier alpha value is -4.52. The van der Waals surface area contributed by atoms with Crippen LogP contribution in [0.3, 0.4) is 0 Å². The number of hydrogen-bond acceptors (Lipinski definition) is 9. The van der Waals surface area contributed by atoms with Gasteiger partial charge in [-0.3, -0.25) is 35.3 Å². The zero-order chi connectivity index (χ0) is 24.8. The maximum absolute atomic E-state index is 12.7. The number of aromatic nitrogens is 2. The van der Waals surface area contributed by atoms with Gasteiger partial charge in [0.25, 0.3) is 23.1 Å². The standard InChI is InChI=1S/C21H21N5O8/c1-25-21(29)13-7-5-4-6-12(13)18(24-25)20(28)23-22-19(27)14-10-16(33-3)17(34-9-8-32-2)11-15(14)26(30)31/h4-7,10-11H,8-9H2,1-3H3,(H,22,27)(H,23,28). The molecule has 178 valence electrons. The van der Waals surface area contributed by atoms with Crippen molar-refractivity contribution >= 4 is 28.3 Å². The summed E-state index contributed by atoms with van der Waals surface area (Å²) in [5.74, 6) is -1.68. The number of nitrogens with zero attached hydrogens (tertiary/aromatic N) is 3. The van der Waals surface area contributed by atoms with E-state index in [2.05, 4.69) is 16.0 Å². The number of hydrazine groups is 1. The number of rotatable bonds is 8. The first kappa shape index (κ1) is 24.1. The average Bonchev–Trinajstić information content (AvgIpc) is 2.84. The van der Waals surface area contributed by atoms with E-state index in [1.807, 2.05) is 0 Å². The van der Waals surface area contributed by atoms with Gasteiger partial charge in [0.1, 0.15) is 12.2 Å². The topological polar surface area (TPSA) is 164 Å². The van der Waals surface area contributed by atoms with E-state index in [-0.39, 0.29) is 46.7 Å². The summed E-state index contributed by atoms with van der Waals surface area (Å²) in [5, 5.41) is 16.1. The van der Waals surface area contributed by atoms with Crippen molar-refractivity contribution in [3.8, 4) is 11.5 Å². The number of benzene rings is 2. The maximum atomic E-state index is 12.7. The van der Waals surface area contributed by atoms with Gasteiger partial charge in [-0.2, -0.15) is 5.10 Å². The summed E-state index contributed by atoms with van der Waals surface area (Å²) in [5.41, 5.74) is 2.84. The number of nitro benzene ring substituents is 1. The van der Waals surface area contributed by atoms with Gasteiger partial charge < -0.3 is 14.2 Å². The molecule has 0 aliphatic rings. The molecule has 0 atom stereocenters. The molecule has 1 heterocycles. The number of ether oxygens (including phenoxy) is 3. The highest BCUT2D eigenvalue weighted by Crippen LogP contribution is 2.34. The van der Waals surface area contributed by atoms with Gasteiger partial charge in [-0.15, -0.1) is 0 Å². The molecule has 0 aliphatic heterocycles. The van der Waals surface area contributed by atoms with Crippen molar-refractivity contribution in [3.05, 3.63) is 68.1 Å². The van der Waals surface area contributed by atoms with E-state index in [4.69, 9.17) is 14.2 Å². The van der Waals surface area contributed by atoms with Gasteiger partial charge in [-0.1, -0.05) is 18.2 Å². The van der Waals surface area contributed by atoms with Crippen LogP contribution < -0.4 is 25.9 Å². The molecule has 2 aromatic carbocycles. The zero-order valence-electron chi connectivity index (χ0n) is 18.5. The monoisotopic (exact) mass is 471 g/mol. The van der Waals surface area contributed by atoms with Crippen LogP contribution in [-0.2, 0) is 11.8 Å². The number of hydrogen-bond donors (Lipinski definition) is 2. The van der Waals surface area contributed by atoms with Crippen molar-refractivity contribution in [3.63, 3.8) is 0 Å². The molecule has 2 N–H and O–H groups in total. The van der Waals surface area contributed by atoms with Crippen molar-refractivity contribution in [1.29, 1.82) is 0 Å². The van der Waals surface area contributed by atoms with Crippen molar-refractivity contribution in [2.75, 3.05) is 27.4 Å². The van der Waals surface area contributed by atoms with Gasteiger partial charge in [0, 0.05) is 25.6 Å². The highest BCUT2D eigenvalue weighted by Gasteiger charge is 2.26. The number of fused-ring (bicyclic) bond motifs is 1. The molecule has 3 rings (SSSR count). The van der Waals surface area contributed by atoms with Crippen molar-refractivity contribution < 1.29 is 28.7 Å². The van der Waals surface area contributed by atoms with E-state index in [1.165, 1.54) is 21.3 Å². The lowest BCUT2D eigenvalue weighted by Crippen LogP contribution is -2.42. The molecule has 0 radical (unpaired) electrons. The number of nitro groups is 1. The highest BCUT2D eigenvalue weighted by atomic mass is 16.6. The molecule has 13 heteroatoms. The second-order valence-electron chi connectivity index (χ2n) is 6.85.